The Labute approximate surface area is 120 Å². The minimum Gasteiger partial charge on any atom is -0.393 e. The zero-order chi connectivity index (χ0) is 14.5. The van der Waals surface area contributed by atoms with Gasteiger partial charge in [0.25, 0.3) is 0 Å². The fourth-order valence-electron chi connectivity index (χ4n) is 2.89. The summed E-state index contributed by atoms with van der Waals surface area (Å²) in [6.07, 6.45) is 5.56. The molecule has 2 N–H and O–H groups in total. The van der Waals surface area contributed by atoms with Crippen LogP contribution < -0.4 is 5.32 Å². The van der Waals surface area contributed by atoms with Gasteiger partial charge in [0.2, 0.25) is 11.8 Å². The average Bonchev–Trinajstić information content (AvgIpc) is 3.15. The van der Waals surface area contributed by atoms with Gasteiger partial charge in [-0.05, 0) is 45.4 Å². The summed E-state index contributed by atoms with van der Waals surface area (Å²) in [4.78, 5) is 25.5. The van der Waals surface area contributed by atoms with E-state index in [0.717, 1.165) is 32.2 Å². The second kappa shape index (κ2) is 7.07. The zero-order valence-electron chi connectivity index (χ0n) is 12.3. The minimum atomic E-state index is -0.355. The van der Waals surface area contributed by atoms with Crippen LogP contribution in [0.3, 0.4) is 0 Å². The van der Waals surface area contributed by atoms with Gasteiger partial charge in [-0.3, -0.25) is 9.59 Å². The molecule has 1 heterocycles. The van der Waals surface area contributed by atoms with E-state index in [9.17, 15) is 14.7 Å². The molecule has 2 aliphatic rings. The molecule has 2 unspecified atom stereocenters. The van der Waals surface area contributed by atoms with Gasteiger partial charge in [0.1, 0.15) is 0 Å². The molecule has 0 radical (unpaired) electrons. The quantitative estimate of drug-likeness (QED) is 0.686. The van der Waals surface area contributed by atoms with E-state index >= 15 is 0 Å². The Morgan fingerprint density at radius 2 is 2.10 bits per heavy atom. The highest BCUT2D eigenvalue weighted by Gasteiger charge is 2.30. The van der Waals surface area contributed by atoms with Crippen LogP contribution in [0.25, 0.3) is 0 Å². The van der Waals surface area contributed by atoms with Gasteiger partial charge in [-0.2, -0.15) is 0 Å². The Morgan fingerprint density at radius 1 is 1.35 bits per heavy atom. The summed E-state index contributed by atoms with van der Waals surface area (Å²) in [7, 11) is 0. The molecule has 0 aromatic carbocycles. The van der Waals surface area contributed by atoms with Crippen molar-refractivity contribution in [3.63, 3.8) is 0 Å². The summed E-state index contributed by atoms with van der Waals surface area (Å²) in [5.74, 6) is 0.541. The third-order valence-corrected chi connectivity index (χ3v) is 4.13. The summed E-state index contributed by atoms with van der Waals surface area (Å²) >= 11 is 0. The van der Waals surface area contributed by atoms with E-state index in [4.69, 9.17) is 0 Å². The smallest absolute Gasteiger partial charge is 0.223 e. The first-order valence-corrected chi connectivity index (χ1v) is 7.83. The number of carbonyl (C=O) groups is 2. The number of carbonyl (C=O) groups excluding carboxylic acids is 2. The van der Waals surface area contributed by atoms with Gasteiger partial charge < -0.3 is 15.3 Å². The van der Waals surface area contributed by atoms with Crippen molar-refractivity contribution < 1.29 is 14.7 Å². The first kappa shape index (κ1) is 15.3. The van der Waals surface area contributed by atoms with Gasteiger partial charge in [0.05, 0.1) is 6.10 Å². The lowest BCUT2D eigenvalue weighted by molar-refractivity contribution is -0.132. The predicted octanol–water partition coefficient (Wildman–Crippen LogP) is 1.05. The van der Waals surface area contributed by atoms with E-state index in [1.807, 2.05) is 4.90 Å². The number of aliphatic hydroxyl groups excluding tert-OH is 1. The number of nitrogens with zero attached hydrogens (tertiary/aromatic N) is 1. The molecule has 1 aliphatic carbocycles. The third kappa shape index (κ3) is 4.47. The van der Waals surface area contributed by atoms with Crippen molar-refractivity contribution in [3.05, 3.63) is 0 Å². The third-order valence-electron chi connectivity index (χ3n) is 4.13. The van der Waals surface area contributed by atoms with Crippen molar-refractivity contribution in [1.82, 2.24) is 10.2 Å². The standard InChI is InChI=1S/C15H26N2O3/c1-11(18)10-13-4-3-9-17(13)14(19)5-2-8-16-15(20)12-6-7-12/h11-13,18H,2-10H2,1H3,(H,16,20). The molecule has 0 bridgehead atoms. The maximum atomic E-state index is 12.2. The van der Waals surface area contributed by atoms with Crippen LogP contribution in [0.5, 0.6) is 0 Å². The number of nitrogens with one attached hydrogen (secondary N) is 1. The number of hydrogen-bond donors (Lipinski definition) is 2. The second-order valence-electron chi connectivity index (χ2n) is 6.14. The van der Waals surface area contributed by atoms with Crippen LogP contribution in [0.4, 0.5) is 0 Å². The molecule has 2 fully saturated rings. The molecule has 5 heteroatoms. The fourth-order valence-corrected chi connectivity index (χ4v) is 2.89. The molecule has 2 amide bonds. The molecule has 2 atom stereocenters. The molecule has 1 saturated heterocycles. The van der Waals surface area contributed by atoms with Crippen LogP contribution in [0, 0.1) is 5.92 Å². The first-order chi connectivity index (χ1) is 9.58. The molecule has 0 aromatic rings. The monoisotopic (exact) mass is 282 g/mol. The molecule has 0 spiro atoms. The summed E-state index contributed by atoms with van der Waals surface area (Å²) in [5, 5.41) is 12.3. The molecule has 1 saturated carbocycles. The van der Waals surface area contributed by atoms with Crippen LogP contribution in [0.2, 0.25) is 0 Å². The summed E-state index contributed by atoms with van der Waals surface area (Å²) in [6, 6.07) is 0.198. The van der Waals surface area contributed by atoms with Crippen LogP contribution >= 0.6 is 0 Å². The number of amides is 2. The van der Waals surface area contributed by atoms with E-state index in [-0.39, 0.29) is 29.9 Å². The maximum absolute atomic E-state index is 12.2. The lowest BCUT2D eigenvalue weighted by atomic mass is 10.1. The number of aliphatic hydroxyl groups is 1. The highest BCUT2D eigenvalue weighted by Crippen LogP contribution is 2.28. The van der Waals surface area contributed by atoms with Crippen LogP contribution in [-0.2, 0) is 9.59 Å². The van der Waals surface area contributed by atoms with Crippen LogP contribution in [0.1, 0.15) is 51.9 Å². The molecule has 1 aliphatic heterocycles. The van der Waals surface area contributed by atoms with E-state index in [0.29, 0.717) is 25.8 Å². The summed E-state index contributed by atoms with van der Waals surface area (Å²) < 4.78 is 0. The largest absolute Gasteiger partial charge is 0.393 e. The zero-order valence-corrected chi connectivity index (χ0v) is 12.3. The SMILES string of the molecule is CC(O)CC1CCCN1C(=O)CCCNC(=O)C1CC1. The van der Waals surface area contributed by atoms with Crippen molar-refractivity contribution in [2.24, 2.45) is 5.92 Å². The molecule has 20 heavy (non-hydrogen) atoms. The van der Waals surface area contributed by atoms with Gasteiger partial charge >= 0.3 is 0 Å². The molecule has 2 rings (SSSR count). The van der Waals surface area contributed by atoms with Crippen molar-refractivity contribution in [3.8, 4) is 0 Å². The number of hydrogen-bond acceptors (Lipinski definition) is 3. The van der Waals surface area contributed by atoms with E-state index in [1.54, 1.807) is 6.92 Å². The Bertz CT molecular complexity index is 353. The van der Waals surface area contributed by atoms with Gasteiger partial charge in [0.15, 0.2) is 0 Å². The average molecular weight is 282 g/mol. The number of likely N-dealkylation sites (tertiary alicyclic amines) is 1. The molecule has 114 valence electrons. The molecular formula is C15H26N2O3. The van der Waals surface area contributed by atoms with Crippen molar-refractivity contribution >= 4 is 11.8 Å². The Hall–Kier alpha value is -1.10. The van der Waals surface area contributed by atoms with Gasteiger partial charge in [-0.15, -0.1) is 0 Å². The summed E-state index contributed by atoms with van der Waals surface area (Å²) in [6.45, 7) is 3.18. The molecular weight excluding hydrogens is 256 g/mol. The lowest BCUT2D eigenvalue weighted by Gasteiger charge is -2.25. The van der Waals surface area contributed by atoms with Crippen molar-refractivity contribution in [2.75, 3.05) is 13.1 Å². The molecule has 5 nitrogen and oxygen atoms in total. The topological polar surface area (TPSA) is 69.6 Å². The minimum absolute atomic E-state index is 0.144. The van der Waals surface area contributed by atoms with E-state index < -0.39 is 0 Å². The van der Waals surface area contributed by atoms with Gasteiger partial charge in [0, 0.05) is 31.5 Å². The van der Waals surface area contributed by atoms with Crippen LogP contribution in [0.15, 0.2) is 0 Å². The van der Waals surface area contributed by atoms with Gasteiger partial charge in [-0.25, -0.2) is 0 Å². The summed E-state index contributed by atoms with van der Waals surface area (Å²) in [5.41, 5.74) is 0. The Morgan fingerprint density at radius 3 is 2.75 bits per heavy atom. The van der Waals surface area contributed by atoms with Crippen LogP contribution in [-0.4, -0.2) is 47.1 Å². The molecule has 0 aromatic heterocycles. The first-order valence-electron chi connectivity index (χ1n) is 7.83. The second-order valence-corrected chi connectivity index (χ2v) is 6.14. The predicted molar refractivity (Wildman–Crippen MR) is 76.0 cm³/mol. The van der Waals surface area contributed by atoms with E-state index in [2.05, 4.69) is 5.32 Å². The Balaban J connectivity index is 1.64. The Kier molecular flexibility index (Phi) is 5.40. The number of rotatable bonds is 7. The lowest BCUT2D eigenvalue weighted by Crippen LogP contribution is -2.37. The van der Waals surface area contributed by atoms with Gasteiger partial charge in [-0.1, -0.05) is 0 Å². The fraction of sp³-hybridized carbons (Fsp3) is 0.867. The van der Waals surface area contributed by atoms with Crippen molar-refractivity contribution in [1.29, 1.82) is 0 Å². The highest BCUT2D eigenvalue weighted by molar-refractivity contribution is 5.81. The van der Waals surface area contributed by atoms with Crippen molar-refractivity contribution in [2.45, 2.75) is 64.0 Å². The highest BCUT2D eigenvalue weighted by atomic mass is 16.3. The van der Waals surface area contributed by atoms with E-state index in [1.165, 1.54) is 0 Å². The maximum Gasteiger partial charge on any atom is 0.223 e. The normalized spacial score (nSPS) is 23.7.